The number of benzene rings is 2. The molecule has 2 fully saturated rings. The van der Waals surface area contributed by atoms with E-state index in [0.717, 1.165) is 18.5 Å². The van der Waals surface area contributed by atoms with Gasteiger partial charge >= 0.3 is 0 Å². The van der Waals surface area contributed by atoms with Crippen molar-refractivity contribution in [1.29, 1.82) is 0 Å². The SMILES string of the molecule is CN1CCC[C@@H]1CCNC(=O)[C@H]1C[C@@H](C(=O)Nc2ccc(F)cc2)CN(Cc2ccccc2)C1. The van der Waals surface area contributed by atoms with E-state index < -0.39 is 0 Å². The van der Waals surface area contributed by atoms with Crippen LogP contribution in [-0.2, 0) is 16.1 Å². The number of piperidine rings is 1. The summed E-state index contributed by atoms with van der Waals surface area (Å²) >= 11 is 0. The second-order valence-corrected chi connectivity index (χ2v) is 9.66. The van der Waals surface area contributed by atoms with Crippen LogP contribution in [0.1, 0.15) is 31.2 Å². The quantitative estimate of drug-likeness (QED) is 0.625. The van der Waals surface area contributed by atoms with E-state index in [9.17, 15) is 14.0 Å². The number of nitrogens with one attached hydrogen (secondary N) is 2. The molecule has 0 aliphatic carbocycles. The van der Waals surface area contributed by atoms with Gasteiger partial charge in [0.1, 0.15) is 5.82 Å². The largest absolute Gasteiger partial charge is 0.356 e. The minimum absolute atomic E-state index is 0.0259. The molecular formula is C27H35FN4O2. The van der Waals surface area contributed by atoms with Crippen molar-refractivity contribution in [3.63, 3.8) is 0 Å². The van der Waals surface area contributed by atoms with Crippen LogP contribution in [0.15, 0.2) is 54.6 Å². The Hall–Kier alpha value is -2.77. The molecule has 0 unspecified atom stereocenters. The fourth-order valence-electron chi connectivity index (χ4n) is 5.17. The average molecular weight is 467 g/mol. The molecule has 2 aliphatic rings. The second-order valence-electron chi connectivity index (χ2n) is 9.66. The van der Waals surface area contributed by atoms with Crippen LogP contribution in [0.4, 0.5) is 10.1 Å². The Labute approximate surface area is 201 Å². The van der Waals surface area contributed by atoms with Crippen molar-refractivity contribution in [3.8, 4) is 0 Å². The lowest BCUT2D eigenvalue weighted by Gasteiger charge is -2.36. The molecule has 2 aromatic rings. The van der Waals surface area contributed by atoms with Crippen LogP contribution in [0.2, 0.25) is 0 Å². The van der Waals surface area contributed by atoms with Crippen LogP contribution in [0.25, 0.3) is 0 Å². The fourth-order valence-corrected chi connectivity index (χ4v) is 5.17. The number of likely N-dealkylation sites (tertiary alicyclic amines) is 2. The van der Waals surface area contributed by atoms with Crippen molar-refractivity contribution in [1.82, 2.24) is 15.1 Å². The standard InChI is InChI=1S/C27H35FN4O2/c1-31-15-5-8-25(31)13-14-29-26(33)21-16-22(27(34)30-24-11-9-23(28)10-12-24)19-32(18-21)17-20-6-3-2-4-7-20/h2-4,6-7,9-12,21-22,25H,5,8,13-19H2,1H3,(H,29,33)(H,30,34)/t21-,22+,25+/m0/s1. The first-order chi connectivity index (χ1) is 16.5. The molecular weight excluding hydrogens is 431 g/mol. The first-order valence-electron chi connectivity index (χ1n) is 12.3. The molecule has 0 bridgehead atoms. The lowest BCUT2D eigenvalue weighted by Crippen LogP contribution is -2.49. The third-order valence-electron chi connectivity index (χ3n) is 7.08. The number of carbonyl (C=O) groups is 2. The van der Waals surface area contributed by atoms with Crippen LogP contribution in [0.3, 0.4) is 0 Å². The molecule has 0 radical (unpaired) electrons. The minimum atomic E-state index is -0.342. The van der Waals surface area contributed by atoms with Crippen molar-refractivity contribution >= 4 is 17.5 Å². The van der Waals surface area contributed by atoms with E-state index in [1.165, 1.54) is 25.0 Å². The van der Waals surface area contributed by atoms with Gasteiger partial charge in [0, 0.05) is 37.9 Å². The zero-order chi connectivity index (χ0) is 23.9. The van der Waals surface area contributed by atoms with Gasteiger partial charge in [0.25, 0.3) is 0 Å². The third kappa shape index (κ3) is 6.64. The van der Waals surface area contributed by atoms with Crippen molar-refractivity contribution in [2.45, 2.75) is 38.3 Å². The van der Waals surface area contributed by atoms with Gasteiger partial charge in [-0.15, -0.1) is 0 Å². The lowest BCUT2D eigenvalue weighted by molar-refractivity contribution is -0.130. The monoisotopic (exact) mass is 466 g/mol. The molecule has 3 atom stereocenters. The second kappa shape index (κ2) is 11.6. The van der Waals surface area contributed by atoms with Crippen LogP contribution >= 0.6 is 0 Å². The molecule has 2 aliphatic heterocycles. The summed E-state index contributed by atoms with van der Waals surface area (Å²) in [5.74, 6) is -1.01. The van der Waals surface area contributed by atoms with Gasteiger partial charge < -0.3 is 15.5 Å². The Morgan fingerprint density at radius 3 is 2.38 bits per heavy atom. The Balaban J connectivity index is 1.39. The highest BCUT2D eigenvalue weighted by Gasteiger charge is 2.35. The summed E-state index contributed by atoms with van der Waals surface area (Å²) in [5.41, 5.74) is 1.72. The molecule has 7 heteroatoms. The first kappa shape index (κ1) is 24.4. The number of hydrogen-bond acceptors (Lipinski definition) is 4. The number of halogens is 1. The highest BCUT2D eigenvalue weighted by molar-refractivity contribution is 5.93. The summed E-state index contributed by atoms with van der Waals surface area (Å²) in [4.78, 5) is 30.7. The van der Waals surface area contributed by atoms with Crippen LogP contribution in [0.5, 0.6) is 0 Å². The highest BCUT2D eigenvalue weighted by atomic mass is 19.1. The normalized spacial score (nSPS) is 23.5. The van der Waals surface area contributed by atoms with Crippen LogP contribution in [0, 0.1) is 17.7 Å². The van der Waals surface area contributed by atoms with Crippen molar-refractivity contribution < 1.29 is 14.0 Å². The molecule has 4 rings (SSSR count). The van der Waals surface area contributed by atoms with Crippen molar-refractivity contribution in [2.24, 2.45) is 11.8 Å². The van der Waals surface area contributed by atoms with Gasteiger partial charge in [-0.25, -0.2) is 4.39 Å². The van der Waals surface area contributed by atoms with Gasteiger partial charge in [0.05, 0.1) is 11.8 Å². The molecule has 0 saturated carbocycles. The summed E-state index contributed by atoms with van der Waals surface area (Å²) < 4.78 is 13.2. The number of anilines is 1. The van der Waals surface area contributed by atoms with E-state index >= 15 is 0 Å². The van der Waals surface area contributed by atoms with Crippen molar-refractivity contribution in [3.05, 3.63) is 66.0 Å². The molecule has 34 heavy (non-hydrogen) atoms. The van der Waals surface area contributed by atoms with Gasteiger partial charge in [-0.2, -0.15) is 0 Å². The van der Waals surface area contributed by atoms with Crippen LogP contribution < -0.4 is 10.6 Å². The number of nitrogens with zero attached hydrogens (tertiary/aromatic N) is 2. The minimum Gasteiger partial charge on any atom is -0.356 e. The molecule has 6 nitrogen and oxygen atoms in total. The molecule has 182 valence electrons. The predicted molar refractivity (Wildman–Crippen MR) is 132 cm³/mol. The molecule has 2 aromatic carbocycles. The van der Waals surface area contributed by atoms with Gasteiger partial charge in [-0.05, 0) is 69.1 Å². The Morgan fingerprint density at radius 1 is 1.00 bits per heavy atom. The smallest absolute Gasteiger partial charge is 0.228 e. The Kier molecular flexibility index (Phi) is 8.29. The molecule has 0 aromatic heterocycles. The number of rotatable bonds is 8. The maximum atomic E-state index is 13.2. The fraction of sp³-hybridized carbons (Fsp3) is 0.481. The number of hydrogen-bond donors (Lipinski definition) is 2. The third-order valence-corrected chi connectivity index (χ3v) is 7.08. The van der Waals surface area contributed by atoms with E-state index in [0.29, 0.717) is 44.3 Å². The summed E-state index contributed by atoms with van der Waals surface area (Å²) in [6.45, 7) is 3.69. The summed E-state index contributed by atoms with van der Waals surface area (Å²) in [6.07, 6.45) is 3.87. The number of amides is 2. The molecule has 0 spiro atoms. The molecule has 2 amide bonds. The average Bonchev–Trinajstić information content (AvgIpc) is 3.25. The van der Waals surface area contributed by atoms with Gasteiger partial charge in [-0.3, -0.25) is 14.5 Å². The van der Waals surface area contributed by atoms with E-state index in [-0.39, 0.29) is 29.5 Å². The van der Waals surface area contributed by atoms with E-state index in [1.807, 2.05) is 18.2 Å². The van der Waals surface area contributed by atoms with Crippen molar-refractivity contribution in [2.75, 3.05) is 38.5 Å². The topological polar surface area (TPSA) is 64.7 Å². The Morgan fingerprint density at radius 2 is 1.71 bits per heavy atom. The zero-order valence-corrected chi connectivity index (χ0v) is 19.9. The predicted octanol–water partition coefficient (Wildman–Crippen LogP) is 3.50. The van der Waals surface area contributed by atoms with Gasteiger partial charge in [0.2, 0.25) is 11.8 Å². The maximum absolute atomic E-state index is 13.2. The molecule has 2 N–H and O–H groups in total. The zero-order valence-electron chi connectivity index (χ0n) is 19.9. The number of carbonyl (C=O) groups excluding carboxylic acids is 2. The Bertz CT molecular complexity index is 953. The first-order valence-corrected chi connectivity index (χ1v) is 12.3. The van der Waals surface area contributed by atoms with Gasteiger partial charge in [0.15, 0.2) is 0 Å². The molecule has 2 heterocycles. The van der Waals surface area contributed by atoms with E-state index in [1.54, 1.807) is 12.1 Å². The van der Waals surface area contributed by atoms with E-state index in [4.69, 9.17) is 0 Å². The van der Waals surface area contributed by atoms with E-state index in [2.05, 4.69) is 39.6 Å². The maximum Gasteiger partial charge on any atom is 0.228 e. The summed E-state index contributed by atoms with van der Waals surface area (Å²) in [6, 6.07) is 16.4. The molecule has 2 saturated heterocycles. The summed E-state index contributed by atoms with van der Waals surface area (Å²) in [7, 11) is 2.15. The highest BCUT2D eigenvalue weighted by Crippen LogP contribution is 2.26. The summed E-state index contributed by atoms with van der Waals surface area (Å²) in [5, 5.41) is 6.03. The van der Waals surface area contributed by atoms with Crippen LogP contribution in [-0.4, -0.2) is 60.9 Å². The van der Waals surface area contributed by atoms with Gasteiger partial charge in [-0.1, -0.05) is 30.3 Å². The lowest BCUT2D eigenvalue weighted by atomic mass is 9.87.